The largest absolute Gasteiger partial charge is 0.493 e. The van der Waals surface area contributed by atoms with Gasteiger partial charge in [-0.25, -0.2) is 4.39 Å². The van der Waals surface area contributed by atoms with Gasteiger partial charge < -0.3 is 19.7 Å². The molecule has 1 aliphatic rings. The van der Waals surface area contributed by atoms with Gasteiger partial charge >= 0.3 is 0 Å². The Hall–Kier alpha value is -2.43. The third-order valence-electron chi connectivity index (χ3n) is 4.17. The number of anilines is 2. The van der Waals surface area contributed by atoms with E-state index in [0.29, 0.717) is 18.0 Å². The Balaban J connectivity index is 1.98. The second-order valence-corrected chi connectivity index (χ2v) is 5.71. The van der Waals surface area contributed by atoms with Crippen molar-refractivity contribution in [3.8, 4) is 11.5 Å². The molecule has 1 N–H and O–H groups in total. The van der Waals surface area contributed by atoms with E-state index in [0.717, 1.165) is 23.5 Å². The Kier molecular flexibility index (Phi) is 4.28. The van der Waals surface area contributed by atoms with Crippen LogP contribution in [0.4, 0.5) is 15.8 Å². The van der Waals surface area contributed by atoms with Crippen molar-refractivity contribution in [1.29, 1.82) is 0 Å². The molecule has 1 heterocycles. The van der Waals surface area contributed by atoms with Crippen LogP contribution in [0.15, 0.2) is 36.4 Å². The summed E-state index contributed by atoms with van der Waals surface area (Å²) in [5, 5.41) is 3.41. The van der Waals surface area contributed by atoms with Gasteiger partial charge in [0.1, 0.15) is 5.82 Å². The number of halogens is 1. The first-order chi connectivity index (χ1) is 11.1. The highest BCUT2D eigenvalue weighted by Gasteiger charge is 2.25. The molecule has 1 aliphatic heterocycles. The van der Waals surface area contributed by atoms with Crippen LogP contribution in [0.5, 0.6) is 11.5 Å². The predicted molar refractivity (Wildman–Crippen MR) is 90.1 cm³/mol. The number of benzene rings is 2. The Morgan fingerprint density at radius 1 is 1.17 bits per heavy atom. The minimum Gasteiger partial charge on any atom is -0.493 e. The monoisotopic (exact) mass is 316 g/mol. The van der Waals surface area contributed by atoms with Gasteiger partial charge in [0.25, 0.3) is 0 Å². The summed E-state index contributed by atoms with van der Waals surface area (Å²) in [5.41, 5.74) is 2.97. The molecule has 0 bridgehead atoms. The van der Waals surface area contributed by atoms with Crippen molar-refractivity contribution in [3.05, 3.63) is 47.8 Å². The average Bonchev–Trinajstić information content (AvgIpc) is 2.56. The molecule has 3 rings (SSSR count). The highest BCUT2D eigenvalue weighted by atomic mass is 19.1. The molecule has 23 heavy (non-hydrogen) atoms. The minimum absolute atomic E-state index is 0.210. The molecule has 2 aromatic rings. The first-order valence-corrected chi connectivity index (χ1v) is 7.63. The fourth-order valence-corrected chi connectivity index (χ4v) is 2.93. The van der Waals surface area contributed by atoms with E-state index in [1.165, 1.54) is 6.07 Å². The van der Waals surface area contributed by atoms with Gasteiger partial charge in [-0.1, -0.05) is 12.1 Å². The predicted octanol–water partition coefficient (Wildman–Crippen LogP) is 3.66. The molecule has 0 spiro atoms. The molecule has 0 aliphatic carbocycles. The number of nitrogens with one attached hydrogen (secondary N) is 1. The standard InChI is InChI=1S/C18H21FN2O2/c1-12-10-20-15-8-17(22-2)18(23-3)9-16(15)21(12)11-13-5-4-6-14(19)7-13/h4-9,12,20H,10-11H2,1-3H3. The molecule has 1 atom stereocenters. The van der Waals surface area contributed by atoms with Crippen LogP contribution in [0.1, 0.15) is 12.5 Å². The molecule has 0 saturated carbocycles. The van der Waals surface area contributed by atoms with Crippen LogP contribution in [0.2, 0.25) is 0 Å². The highest BCUT2D eigenvalue weighted by Crippen LogP contribution is 2.41. The van der Waals surface area contributed by atoms with Crippen molar-refractivity contribution < 1.29 is 13.9 Å². The summed E-state index contributed by atoms with van der Waals surface area (Å²) in [6.45, 7) is 3.60. The van der Waals surface area contributed by atoms with Crippen LogP contribution in [0.25, 0.3) is 0 Å². The van der Waals surface area contributed by atoms with E-state index >= 15 is 0 Å². The van der Waals surface area contributed by atoms with E-state index in [4.69, 9.17) is 9.47 Å². The highest BCUT2D eigenvalue weighted by molar-refractivity contribution is 5.77. The van der Waals surface area contributed by atoms with Gasteiger partial charge in [-0.2, -0.15) is 0 Å². The van der Waals surface area contributed by atoms with Crippen molar-refractivity contribution in [3.63, 3.8) is 0 Å². The van der Waals surface area contributed by atoms with Gasteiger partial charge in [-0.3, -0.25) is 0 Å². The van der Waals surface area contributed by atoms with E-state index < -0.39 is 0 Å². The average molecular weight is 316 g/mol. The quantitative estimate of drug-likeness (QED) is 0.933. The zero-order valence-electron chi connectivity index (χ0n) is 13.6. The van der Waals surface area contributed by atoms with Gasteiger partial charge in [0, 0.05) is 31.3 Å². The summed E-state index contributed by atoms with van der Waals surface area (Å²) >= 11 is 0. The van der Waals surface area contributed by atoms with E-state index in [1.54, 1.807) is 26.4 Å². The Labute approximate surface area is 135 Å². The lowest BCUT2D eigenvalue weighted by Crippen LogP contribution is -2.41. The summed E-state index contributed by atoms with van der Waals surface area (Å²) in [5.74, 6) is 1.17. The molecule has 0 fully saturated rings. The SMILES string of the molecule is COc1cc2c(cc1OC)N(Cc1cccc(F)c1)C(C)CN2. The number of methoxy groups -OCH3 is 2. The van der Waals surface area contributed by atoms with Gasteiger partial charge in [-0.15, -0.1) is 0 Å². The number of fused-ring (bicyclic) bond motifs is 1. The Bertz CT molecular complexity index is 705. The molecular formula is C18H21FN2O2. The second kappa shape index (κ2) is 6.36. The minimum atomic E-state index is -0.210. The third-order valence-corrected chi connectivity index (χ3v) is 4.17. The van der Waals surface area contributed by atoms with Crippen LogP contribution >= 0.6 is 0 Å². The summed E-state index contributed by atoms with van der Waals surface area (Å²) < 4.78 is 24.2. The zero-order valence-corrected chi connectivity index (χ0v) is 13.6. The van der Waals surface area contributed by atoms with Gasteiger partial charge in [0.2, 0.25) is 0 Å². The van der Waals surface area contributed by atoms with Crippen LogP contribution < -0.4 is 19.7 Å². The zero-order chi connectivity index (χ0) is 16.4. The first kappa shape index (κ1) is 15.5. The van der Waals surface area contributed by atoms with Crippen LogP contribution in [0.3, 0.4) is 0 Å². The van der Waals surface area contributed by atoms with E-state index in [2.05, 4.69) is 17.1 Å². The summed E-state index contributed by atoms with van der Waals surface area (Å²) in [7, 11) is 3.25. The second-order valence-electron chi connectivity index (χ2n) is 5.71. The number of nitrogens with zero attached hydrogens (tertiary/aromatic N) is 1. The molecule has 0 radical (unpaired) electrons. The molecule has 0 amide bonds. The van der Waals surface area contributed by atoms with Crippen LogP contribution in [0, 0.1) is 5.82 Å². The Morgan fingerprint density at radius 2 is 1.91 bits per heavy atom. The van der Waals surface area contributed by atoms with Gasteiger partial charge in [-0.05, 0) is 24.6 Å². The lowest BCUT2D eigenvalue weighted by molar-refractivity contribution is 0.355. The summed E-state index contributed by atoms with van der Waals surface area (Å²) in [6.07, 6.45) is 0. The van der Waals surface area contributed by atoms with E-state index in [1.807, 2.05) is 18.2 Å². The fourth-order valence-electron chi connectivity index (χ4n) is 2.93. The Morgan fingerprint density at radius 3 is 2.61 bits per heavy atom. The maximum absolute atomic E-state index is 13.5. The van der Waals surface area contributed by atoms with Crippen molar-refractivity contribution in [1.82, 2.24) is 0 Å². The van der Waals surface area contributed by atoms with Crippen LogP contribution in [-0.4, -0.2) is 26.8 Å². The number of ether oxygens (including phenoxy) is 2. The van der Waals surface area contributed by atoms with Gasteiger partial charge in [0.05, 0.1) is 25.6 Å². The molecule has 0 aromatic heterocycles. The molecule has 0 saturated heterocycles. The first-order valence-electron chi connectivity index (χ1n) is 7.63. The van der Waals surface area contributed by atoms with Crippen molar-refractivity contribution >= 4 is 11.4 Å². The maximum Gasteiger partial charge on any atom is 0.162 e. The molecular weight excluding hydrogens is 295 g/mol. The van der Waals surface area contributed by atoms with Crippen LogP contribution in [-0.2, 0) is 6.54 Å². The molecule has 2 aromatic carbocycles. The van der Waals surface area contributed by atoms with Crippen molar-refractivity contribution in [2.24, 2.45) is 0 Å². The molecule has 4 nitrogen and oxygen atoms in total. The molecule has 1 unspecified atom stereocenters. The van der Waals surface area contributed by atoms with Crippen molar-refractivity contribution in [2.75, 3.05) is 31.0 Å². The lowest BCUT2D eigenvalue weighted by atomic mass is 10.1. The smallest absolute Gasteiger partial charge is 0.162 e. The topological polar surface area (TPSA) is 33.7 Å². The fraction of sp³-hybridized carbons (Fsp3) is 0.333. The summed E-state index contributed by atoms with van der Waals surface area (Å²) in [6, 6.07) is 10.9. The third kappa shape index (κ3) is 3.04. The number of hydrogen-bond acceptors (Lipinski definition) is 4. The number of rotatable bonds is 4. The lowest BCUT2D eigenvalue weighted by Gasteiger charge is -2.38. The van der Waals surface area contributed by atoms with E-state index in [9.17, 15) is 4.39 Å². The number of hydrogen-bond donors (Lipinski definition) is 1. The molecule has 5 heteroatoms. The van der Waals surface area contributed by atoms with Crippen molar-refractivity contribution in [2.45, 2.75) is 19.5 Å². The van der Waals surface area contributed by atoms with E-state index in [-0.39, 0.29) is 11.9 Å². The normalized spacial score (nSPS) is 16.5. The molecule has 122 valence electrons. The maximum atomic E-state index is 13.5. The van der Waals surface area contributed by atoms with Gasteiger partial charge in [0.15, 0.2) is 11.5 Å². The summed E-state index contributed by atoms with van der Waals surface area (Å²) in [4.78, 5) is 2.25.